The van der Waals surface area contributed by atoms with Crippen LogP contribution < -0.4 is 10.6 Å². The molecule has 0 aromatic rings. The Bertz CT molecular complexity index is 228. The molecule has 94 valence electrons. The first-order valence-electron chi connectivity index (χ1n) is 6.50. The Morgan fingerprint density at radius 3 is 2.50 bits per heavy atom. The van der Waals surface area contributed by atoms with Crippen molar-refractivity contribution in [2.45, 2.75) is 58.5 Å². The number of hydrogen-bond donors (Lipinski definition) is 2. The Labute approximate surface area is 99.4 Å². The van der Waals surface area contributed by atoms with Crippen molar-refractivity contribution in [1.29, 1.82) is 0 Å². The summed E-state index contributed by atoms with van der Waals surface area (Å²) in [5.74, 6) is 1.49. The van der Waals surface area contributed by atoms with Gasteiger partial charge in [0.25, 0.3) is 0 Å². The number of likely N-dealkylation sites (N-methyl/N-ethyl adjacent to an activating group) is 1. The quantitative estimate of drug-likeness (QED) is 0.752. The standard InChI is InChI=1S/C13H26N2O/c1-9(2)7-12(13(16)14-4)15-11-6-5-10(3)8-11/h9-12,15H,5-8H2,1-4H3,(H,14,16). The van der Waals surface area contributed by atoms with E-state index in [9.17, 15) is 4.79 Å². The van der Waals surface area contributed by atoms with E-state index in [0.717, 1.165) is 12.3 Å². The van der Waals surface area contributed by atoms with Gasteiger partial charge in [-0.15, -0.1) is 0 Å². The van der Waals surface area contributed by atoms with Gasteiger partial charge in [0.15, 0.2) is 0 Å². The van der Waals surface area contributed by atoms with Crippen molar-refractivity contribution in [3.63, 3.8) is 0 Å². The summed E-state index contributed by atoms with van der Waals surface area (Å²) in [6.45, 7) is 6.61. The van der Waals surface area contributed by atoms with E-state index in [4.69, 9.17) is 0 Å². The summed E-state index contributed by atoms with van der Waals surface area (Å²) in [6, 6.07) is 0.524. The van der Waals surface area contributed by atoms with Crippen LogP contribution in [0.4, 0.5) is 0 Å². The largest absolute Gasteiger partial charge is 0.358 e. The molecule has 0 spiro atoms. The van der Waals surface area contributed by atoms with Gasteiger partial charge in [0.05, 0.1) is 6.04 Å². The van der Waals surface area contributed by atoms with Crippen molar-refractivity contribution in [2.75, 3.05) is 7.05 Å². The Hall–Kier alpha value is -0.570. The second-order valence-electron chi connectivity index (χ2n) is 5.58. The molecule has 1 saturated carbocycles. The summed E-state index contributed by atoms with van der Waals surface area (Å²) in [4.78, 5) is 11.7. The van der Waals surface area contributed by atoms with Crippen LogP contribution >= 0.6 is 0 Å². The average Bonchev–Trinajstić information content (AvgIpc) is 2.61. The Morgan fingerprint density at radius 2 is 2.06 bits per heavy atom. The molecule has 3 nitrogen and oxygen atoms in total. The third kappa shape index (κ3) is 4.12. The predicted octanol–water partition coefficient (Wildman–Crippen LogP) is 1.93. The Balaban J connectivity index is 2.46. The number of amides is 1. The lowest BCUT2D eigenvalue weighted by Gasteiger charge is -2.23. The molecule has 0 radical (unpaired) electrons. The van der Waals surface area contributed by atoms with E-state index in [1.807, 2.05) is 0 Å². The summed E-state index contributed by atoms with van der Waals surface area (Å²) in [5, 5.41) is 6.27. The molecule has 1 fully saturated rings. The van der Waals surface area contributed by atoms with Crippen LogP contribution in [0, 0.1) is 11.8 Å². The van der Waals surface area contributed by atoms with Crippen LogP contribution in [0.2, 0.25) is 0 Å². The Morgan fingerprint density at radius 1 is 1.38 bits per heavy atom. The molecule has 3 unspecified atom stereocenters. The number of nitrogens with one attached hydrogen (secondary N) is 2. The van der Waals surface area contributed by atoms with Gasteiger partial charge in [-0.1, -0.05) is 20.8 Å². The van der Waals surface area contributed by atoms with Gasteiger partial charge < -0.3 is 10.6 Å². The number of carbonyl (C=O) groups is 1. The van der Waals surface area contributed by atoms with E-state index in [1.165, 1.54) is 19.3 Å². The van der Waals surface area contributed by atoms with Gasteiger partial charge in [0.1, 0.15) is 0 Å². The maximum atomic E-state index is 11.7. The van der Waals surface area contributed by atoms with Gasteiger partial charge in [-0.25, -0.2) is 0 Å². The van der Waals surface area contributed by atoms with Crippen molar-refractivity contribution >= 4 is 5.91 Å². The average molecular weight is 226 g/mol. The van der Waals surface area contributed by atoms with E-state index in [0.29, 0.717) is 12.0 Å². The molecule has 0 aromatic heterocycles. The smallest absolute Gasteiger partial charge is 0.236 e. The molecule has 0 aromatic carbocycles. The predicted molar refractivity (Wildman–Crippen MR) is 67.2 cm³/mol. The van der Waals surface area contributed by atoms with Gasteiger partial charge >= 0.3 is 0 Å². The highest BCUT2D eigenvalue weighted by atomic mass is 16.2. The highest BCUT2D eigenvalue weighted by molar-refractivity contribution is 5.81. The minimum Gasteiger partial charge on any atom is -0.358 e. The monoisotopic (exact) mass is 226 g/mol. The normalized spacial score (nSPS) is 27.1. The molecule has 16 heavy (non-hydrogen) atoms. The summed E-state index contributed by atoms with van der Waals surface area (Å²) in [5.41, 5.74) is 0. The van der Waals surface area contributed by atoms with Gasteiger partial charge in [-0.3, -0.25) is 4.79 Å². The number of hydrogen-bond acceptors (Lipinski definition) is 2. The maximum absolute atomic E-state index is 11.7. The lowest BCUT2D eigenvalue weighted by Crippen LogP contribution is -2.47. The van der Waals surface area contributed by atoms with E-state index < -0.39 is 0 Å². The Kier molecular flexibility index (Phi) is 5.26. The van der Waals surface area contributed by atoms with Gasteiger partial charge in [0, 0.05) is 13.1 Å². The molecule has 0 aliphatic heterocycles. The van der Waals surface area contributed by atoms with Crippen LogP contribution in [0.1, 0.15) is 46.5 Å². The minimum atomic E-state index is -0.0136. The van der Waals surface area contributed by atoms with Crippen molar-refractivity contribution in [2.24, 2.45) is 11.8 Å². The van der Waals surface area contributed by atoms with E-state index in [1.54, 1.807) is 7.05 Å². The van der Waals surface area contributed by atoms with Crippen LogP contribution in [0.3, 0.4) is 0 Å². The fraction of sp³-hybridized carbons (Fsp3) is 0.923. The second-order valence-corrected chi connectivity index (χ2v) is 5.58. The maximum Gasteiger partial charge on any atom is 0.236 e. The SMILES string of the molecule is CNC(=O)C(CC(C)C)NC1CCC(C)C1. The highest BCUT2D eigenvalue weighted by Crippen LogP contribution is 2.25. The van der Waals surface area contributed by atoms with Gasteiger partial charge in [-0.2, -0.15) is 0 Å². The van der Waals surface area contributed by atoms with E-state index >= 15 is 0 Å². The molecule has 0 saturated heterocycles. The van der Waals surface area contributed by atoms with Gasteiger partial charge in [0.2, 0.25) is 5.91 Å². The van der Waals surface area contributed by atoms with E-state index in [2.05, 4.69) is 31.4 Å². The molecular weight excluding hydrogens is 200 g/mol. The first-order valence-corrected chi connectivity index (χ1v) is 6.50. The van der Waals surface area contributed by atoms with Crippen LogP contribution in [0.25, 0.3) is 0 Å². The second kappa shape index (κ2) is 6.24. The molecule has 0 heterocycles. The molecule has 2 N–H and O–H groups in total. The molecule has 1 aliphatic carbocycles. The topological polar surface area (TPSA) is 41.1 Å². The highest BCUT2D eigenvalue weighted by Gasteiger charge is 2.26. The van der Waals surface area contributed by atoms with Crippen molar-refractivity contribution in [1.82, 2.24) is 10.6 Å². The first-order chi connectivity index (χ1) is 7.52. The molecule has 0 bridgehead atoms. The summed E-state index contributed by atoms with van der Waals surface area (Å²) < 4.78 is 0. The molecular formula is C13H26N2O. The van der Waals surface area contributed by atoms with Crippen molar-refractivity contribution in [3.05, 3.63) is 0 Å². The fourth-order valence-electron chi connectivity index (χ4n) is 2.54. The first kappa shape index (κ1) is 13.5. The third-order valence-corrected chi connectivity index (χ3v) is 3.40. The summed E-state index contributed by atoms with van der Waals surface area (Å²) in [6.07, 6.45) is 4.64. The zero-order chi connectivity index (χ0) is 12.1. The zero-order valence-electron chi connectivity index (χ0n) is 11.0. The van der Waals surface area contributed by atoms with Crippen molar-refractivity contribution in [3.8, 4) is 0 Å². The van der Waals surface area contributed by atoms with Crippen LogP contribution in [-0.2, 0) is 4.79 Å². The summed E-state index contributed by atoms with van der Waals surface area (Å²) in [7, 11) is 1.72. The van der Waals surface area contributed by atoms with Crippen LogP contribution in [0.5, 0.6) is 0 Å². The van der Waals surface area contributed by atoms with Crippen LogP contribution in [-0.4, -0.2) is 25.0 Å². The lowest BCUT2D eigenvalue weighted by atomic mass is 10.0. The third-order valence-electron chi connectivity index (χ3n) is 3.40. The molecule has 1 aliphatic rings. The molecule has 1 amide bonds. The molecule has 3 atom stereocenters. The zero-order valence-corrected chi connectivity index (χ0v) is 11.0. The fourth-order valence-corrected chi connectivity index (χ4v) is 2.54. The number of rotatable bonds is 5. The van der Waals surface area contributed by atoms with E-state index in [-0.39, 0.29) is 11.9 Å². The minimum absolute atomic E-state index is 0.0136. The molecule has 1 rings (SSSR count). The van der Waals surface area contributed by atoms with Gasteiger partial charge in [-0.05, 0) is 37.5 Å². The van der Waals surface area contributed by atoms with Crippen molar-refractivity contribution < 1.29 is 4.79 Å². The summed E-state index contributed by atoms with van der Waals surface area (Å²) >= 11 is 0. The molecule has 3 heteroatoms. The number of carbonyl (C=O) groups excluding carboxylic acids is 1. The lowest BCUT2D eigenvalue weighted by molar-refractivity contribution is -0.123. The van der Waals surface area contributed by atoms with Crippen LogP contribution in [0.15, 0.2) is 0 Å².